The number of aromatic nitrogens is 1. The monoisotopic (exact) mass is 714 g/mol. The van der Waals surface area contributed by atoms with Crippen molar-refractivity contribution in [1.82, 2.24) is 4.57 Å². The topological polar surface area (TPSA) is 8.17 Å². The molecule has 2 heteroatoms. The predicted molar refractivity (Wildman–Crippen MR) is 237 cm³/mol. The Morgan fingerprint density at radius 3 is 1.32 bits per heavy atom. The Bertz CT molecular complexity index is 2840. The van der Waals surface area contributed by atoms with Gasteiger partial charge in [-0.2, -0.15) is 0 Å². The Labute approximate surface area is 327 Å². The standard InChI is InChI=1S/C54H38N2/c1-4-15-39(16-5-1)41-27-32-46(33-28-41)55(47-34-29-42(30-35-47)40-17-6-2-7-18-40)48-22-14-19-43(37-48)49-23-10-11-24-50(49)44-31-36-54-52(38-44)51-25-12-13-26-53(51)56(54)45-20-8-3-9-21-45/h1-38H. The Hall–Kier alpha value is -7.42. The van der Waals surface area contributed by atoms with E-state index in [0.717, 1.165) is 28.3 Å². The second-order valence-electron chi connectivity index (χ2n) is 14.2. The van der Waals surface area contributed by atoms with Crippen LogP contribution in [0.3, 0.4) is 0 Å². The normalized spacial score (nSPS) is 11.2. The van der Waals surface area contributed by atoms with Gasteiger partial charge in [0.25, 0.3) is 0 Å². The van der Waals surface area contributed by atoms with E-state index in [0.29, 0.717) is 0 Å². The zero-order valence-electron chi connectivity index (χ0n) is 30.8. The van der Waals surface area contributed by atoms with Crippen LogP contribution in [0.25, 0.3) is 72.0 Å². The van der Waals surface area contributed by atoms with Crippen molar-refractivity contribution in [3.8, 4) is 50.2 Å². The van der Waals surface area contributed by atoms with Gasteiger partial charge in [0.1, 0.15) is 0 Å². The number of hydrogen-bond acceptors (Lipinski definition) is 1. The maximum absolute atomic E-state index is 2.37. The van der Waals surface area contributed by atoms with Gasteiger partial charge in [0.05, 0.1) is 11.0 Å². The van der Waals surface area contributed by atoms with Crippen LogP contribution in [0, 0.1) is 0 Å². The fourth-order valence-electron chi connectivity index (χ4n) is 8.11. The van der Waals surface area contributed by atoms with E-state index < -0.39 is 0 Å². The van der Waals surface area contributed by atoms with E-state index in [9.17, 15) is 0 Å². The van der Waals surface area contributed by atoms with Crippen LogP contribution in [0.2, 0.25) is 0 Å². The first-order valence-electron chi connectivity index (χ1n) is 19.2. The highest BCUT2D eigenvalue weighted by molar-refractivity contribution is 6.10. The molecule has 0 aliphatic heterocycles. The van der Waals surface area contributed by atoms with Gasteiger partial charge >= 0.3 is 0 Å². The highest BCUT2D eigenvalue weighted by Crippen LogP contribution is 2.41. The summed E-state index contributed by atoms with van der Waals surface area (Å²) in [6.45, 7) is 0. The van der Waals surface area contributed by atoms with E-state index in [2.05, 4.69) is 240 Å². The summed E-state index contributed by atoms with van der Waals surface area (Å²) in [6, 6.07) is 83.0. The third-order valence-electron chi connectivity index (χ3n) is 10.8. The molecule has 0 spiro atoms. The third kappa shape index (κ3) is 6.14. The number of anilines is 3. The number of fused-ring (bicyclic) bond motifs is 3. The van der Waals surface area contributed by atoms with Crippen LogP contribution in [0.15, 0.2) is 231 Å². The van der Waals surface area contributed by atoms with Crippen LogP contribution in [0.4, 0.5) is 17.1 Å². The molecule has 56 heavy (non-hydrogen) atoms. The molecule has 0 fully saturated rings. The Morgan fingerprint density at radius 1 is 0.268 bits per heavy atom. The van der Waals surface area contributed by atoms with Crippen LogP contribution < -0.4 is 4.90 Å². The van der Waals surface area contributed by atoms with Crippen molar-refractivity contribution in [2.24, 2.45) is 0 Å². The molecule has 0 unspecified atom stereocenters. The first kappa shape index (κ1) is 33.2. The zero-order valence-corrected chi connectivity index (χ0v) is 30.8. The lowest BCUT2D eigenvalue weighted by molar-refractivity contribution is 1.18. The van der Waals surface area contributed by atoms with Crippen LogP contribution >= 0.6 is 0 Å². The molecular weight excluding hydrogens is 677 g/mol. The van der Waals surface area contributed by atoms with E-state index in [1.54, 1.807) is 0 Å². The Balaban J connectivity index is 1.07. The van der Waals surface area contributed by atoms with Crippen molar-refractivity contribution in [3.63, 3.8) is 0 Å². The molecule has 0 aliphatic carbocycles. The minimum atomic E-state index is 1.10. The SMILES string of the molecule is c1ccc(-c2ccc(N(c3ccc(-c4ccccc4)cc3)c3cccc(-c4ccccc4-c4ccc5c(c4)c4ccccc4n5-c4ccccc4)c3)cc2)cc1. The lowest BCUT2D eigenvalue weighted by Crippen LogP contribution is -2.10. The number of rotatable bonds is 8. The summed E-state index contributed by atoms with van der Waals surface area (Å²) in [4.78, 5) is 2.36. The van der Waals surface area contributed by atoms with Gasteiger partial charge in [0.2, 0.25) is 0 Å². The molecule has 1 aromatic heterocycles. The molecule has 0 N–H and O–H groups in total. The fourth-order valence-corrected chi connectivity index (χ4v) is 8.11. The lowest BCUT2D eigenvalue weighted by Gasteiger charge is -2.26. The highest BCUT2D eigenvalue weighted by atomic mass is 15.1. The average molecular weight is 715 g/mol. The predicted octanol–water partition coefficient (Wildman–Crippen LogP) is 14.9. The molecule has 10 aromatic rings. The quantitative estimate of drug-likeness (QED) is 0.152. The second kappa shape index (κ2) is 14.4. The number of para-hydroxylation sites is 2. The van der Waals surface area contributed by atoms with Gasteiger partial charge in [-0.05, 0) is 111 Å². The molecule has 10 rings (SSSR count). The van der Waals surface area contributed by atoms with Gasteiger partial charge in [-0.1, -0.05) is 164 Å². The molecule has 0 radical (unpaired) electrons. The van der Waals surface area contributed by atoms with Gasteiger partial charge < -0.3 is 9.47 Å². The summed E-state index contributed by atoms with van der Waals surface area (Å²) >= 11 is 0. The maximum atomic E-state index is 2.37. The molecule has 1 heterocycles. The average Bonchev–Trinajstić information content (AvgIpc) is 3.62. The van der Waals surface area contributed by atoms with Crippen LogP contribution in [-0.4, -0.2) is 4.57 Å². The number of hydrogen-bond donors (Lipinski definition) is 0. The molecule has 0 saturated carbocycles. The van der Waals surface area contributed by atoms with Gasteiger partial charge in [-0.25, -0.2) is 0 Å². The number of nitrogens with zero attached hydrogens (tertiary/aromatic N) is 2. The first-order chi connectivity index (χ1) is 27.8. The molecule has 9 aromatic carbocycles. The van der Waals surface area contributed by atoms with Crippen molar-refractivity contribution in [2.75, 3.05) is 4.90 Å². The minimum Gasteiger partial charge on any atom is -0.310 e. The van der Waals surface area contributed by atoms with Crippen molar-refractivity contribution in [2.45, 2.75) is 0 Å². The van der Waals surface area contributed by atoms with Crippen LogP contribution in [-0.2, 0) is 0 Å². The van der Waals surface area contributed by atoms with Crippen molar-refractivity contribution >= 4 is 38.9 Å². The summed E-state index contributed by atoms with van der Waals surface area (Å²) in [7, 11) is 0. The summed E-state index contributed by atoms with van der Waals surface area (Å²) in [6.07, 6.45) is 0. The molecule has 0 saturated heterocycles. The molecule has 264 valence electrons. The zero-order chi connectivity index (χ0) is 37.3. The smallest absolute Gasteiger partial charge is 0.0541 e. The molecule has 0 atom stereocenters. The van der Waals surface area contributed by atoms with Gasteiger partial charge in [-0.15, -0.1) is 0 Å². The van der Waals surface area contributed by atoms with Crippen molar-refractivity contribution in [3.05, 3.63) is 231 Å². The summed E-state index contributed by atoms with van der Waals surface area (Å²) in [5, 5.41) is 2.49. The molecular formula is C54H38N2. The lowest BCUT2D eigenvalue weighted by atomic mass is 9.93. The van der Waals surface area contributed by atoms with E-state index in [1.165, 1.54) is 60.8 Å². The second-order valence-corrected chi connectivity index (χ2v) is 14.2. The van der Waals surface area contributed by atoms with Gasteiger partial charge in [-0.3, -0.25) is 0 Å². The van der Waals surface area contributed by atoms with E-state index in [4.69, 9.17) is 0 Å². The van der Waals surface area contributed by atoms with Crippen molar-refractivity contribution < 1.29 is 0 Å². The van der Waals surface area contributed by atoms with Crippen LogP contribution in [0.1, 0.15) is 0 Å². The van der Waals surface area contributed by atoms with Crippen LogP contribution in [0.5, 0.6) is 0 Å². The molecule has 0 bridgehead atoms. The van der Waals surface area contributed by atoms with E-state index >= 15 is 0 Å². The third-order valence-corrected chi connectivity index (χ3v) is 10.8. The summed E-state index contributed by atoms with van der Waals surface area (Å²) in [5.74, 6) is 0. The largest absolute Gasteiger partial charge is 0.310 e. The summed E-state index contributed by atoms with van der Waals surface area (Å²) < 4.78 is 2.37. The van der Waals surface area contributed by atoms with Gasteiger partial charge in [0.15, 0.2) is 0 Å². The minimum absolute atomic E-state index is 1.10. The fraction of sp³-hybridized carbons (Fsp3) is 0. The highest BCUT2D eigenvalue weighted by Gasteiger charge is 2.17. The van der Waals surface area contributed by atoms with Crippen molar-refractivity contribution in [1.29, 1.82) is 0 Å². The molecule has 0 amide bonds. The maximum Gasteiger partial charge on any atom is 0.0541 e. The summed E-state index contributed by atoms with van der Waals surface area (Å²) in [5.41, 5.74) is 16.4. The Kier molecular flexibility index (Phi) is 8.55. The van der Waals surface area contributed by atoms with Gasteiger partial charge in [0, 0.05) is 33.5 Å². The molecule has 2 nitrogen and oxygen atoms in total. The number of benzene rings is 9. The van der Waals surface area contributed by atoms with E-state index in [1.807, 2.05) is 0 Å². The first-order valence-corrected chi connectivity index (χ1v) is 19.2. The van der Waals surface area contributed by atoms with E-state index in [-0.39, 0.29) is 0 Å². The molecule has 0 aliphatic rings. The Morgan fingerprint density at radius 2 is 0.714 bits per heavy atom.